The number of aliphatic hydroxyl groups excluding tert-OH is 2. The summed E-state index contributed by atoms with van der Waals surface area (Å²) in [6.45, 7) is 3.92. The van der Waals surface area contributed by atoms with Crippen molar-refractivity contribution in [3.63, 3.8) is 0 Å². The Labute approximate surface area is 108 Å². The zero-order chi connectivity index (χ0) is 13.6. The van der Waals surface area contributed by atoms with Crippen molar-refractivity contribution in [1.29, 1.82) is 0 Å². The molecule has 18 heavy (non-hydrogen) atoms. The highest BCUT2D eigenvalue weighted by Gasteiger charge is 2.24. The van der Waals surface area contributed by atoms with Gasteiger partial charge in [0.2, 0.25) is 0 Å². The number of hydrogen-bond acceptors (Lipinski definition) is 3. The highest BCUT2D eigenvalue weighted by Crippen LogP contribution is 2.15. The molecule has 1 amide bonds. The Morgan fingerprint density at radius 3 is 2.33 bits per heavy atom. The van der Waals surface area contributed by atoms with Crippen molar-refractivity contribution in [2.45, 2.75) is 38.8 Å². The van der Waals surface area contributed by atoms with Gasteiger partial charge in [-0.3, -0.25) is 4.79 Å². The first-order chi connectivity index (χ1) is 8.54. The van der Waals surface area contributed by atoms with Crippen LogP contribution in [0, 0.1) is 0 Å². The van der Waals surface area contributed by atoms with Crippen LogP contribution < -0.4 is 5.32 Å². The SMILES string of the molecule is CCC(C)(CCO)NC(=O)c1ccc(CO)cc1. The number of carbonyl (C=O) groups is 1. The van der Waals surface area contributed by atoms with Crippen molar-refractivity contribution in [3.8, 4) is 0 Å². The van der Waals surface area contributed by atoms with E-state index in [-0.39, 0.29) is 24.7 Å². The summed E-state index contributed by atoms with van der Waals surface area (Å²) >= 11 is 0. The van der Waals surface area contributed by atoms with Crippen molar-refractivity contribution < 1.29 is 15.0 Å². The average Bonchev–Trinajstić information content (AvgIpc) is 2.39. The molecular formula is C14H21NO3. The maximum Gasteiger partial charge on any atom is 0.251 e. The van der Waals surface area contributed by atoms with Crippen molar-refractivity contribution in [2.75, 3.05) is 6.61 Å². The van der Waals surface area contributed by atoms with E-state index >= 15 is 0 Å². The minimum atomic E-state index is -0.387. The number of hydrogen-bond donors (Lipinski definition) is 3. The Kier molecular flexibility index (Phi) is 5.31. The number of benzene rings is 1. The van der Waals surface area contributed by atoms with Crippen molar-refractivity contribution in [1.82, 2.24) is 5.32 Å². The van der Waals surface area contributed by atoms with Crippen LogP contribution in [0.3, 0.4) is 0 Å². The van der Waals surface area contributed by atoms with E-state index in [1.165, 1.54) is 0 Å². The minimum Gasteiger partial charge on any atom is -0.396 e. The van der Waals surface area contributed by atoms with Crippen molar-refractivity contribution >= 4 is 5.91 Å². The van der Waals surface area contributed by atoms with Crippen LogP contribution in [-0.2, 0) is 6.61 Å². The first-order valence-corrected chi connectivity index (χ1v) is 6.18. The number of carbonyl (C=O) groups excluding carboxylic acids is 1. The molecule has 0 aliphatic carbocycles. The largest absolute Gasteiger partial charge is 0.396 e. The van der Waals surface area contributed by atoms with E-state index in [2.05, 4.69) is 5.32 Å². The summed E-state index contributed by atoms with van der Waals surface area (Å²) in [7, 11) is 0. The predicted molar refractivity (Wildman–Crippen MR) is 70.2 cm³/mol. The van der Waals surface area contributed by atoms with Gasteiger partial charge in [-0.25, -0.2) is 0 Å². The van der Waals surface area contributed by atoms with Crippen molar-refractivity contribution in [2.24, 2.45) is 0 Å². The van der Waals surface area contributed by atoms with Gasteiger partial charge in [-0.15, -0.1) is 0 Å². The van der Waals surface area contributed by atoms with E-state index < -0.39 is 0 Å². The predicted octanol–water partition coefficient (Wildman–Crippen LogP) is 1.46. The Morgan fingerprint density at radius 2 is 1.89 bits per heavy atom. The van der Waals surface area contributed by atoms with Gasteiger partial charge in [0, 0.05) is 17.7 Å². The average molecular weight is 251 g/mol. The molecule has 0 bridgehead atoms. The van der Waals surface area contributed by atoms with Crippen LogP contribution in [-0.4, -0.2) is 28.3 Å². The second kappa shape index (κ2) is 6.52. The second-order valence-electron chi connectivity index (χ2n) is 4.70. The molecule has 1 rings (SSSR count). The Morgan fingerprint density at radius 1 is 1.28 bits per heavy atom. The van der Waals surface area contributed by atoms with E-state index in [1.54, 1.807) is 24.3 Å². The maximum atomic E-state index is 12.0. The minimum absolute atomic E-state index is 0.0287. The topological polar surface area (TPSA) is 69.6 Å². The molecule has 1 aromatic rings. The van der Waals surface area contributed by atoms with Gasteiger partial charge < -0.3 is 15.5 Å². The summed E-state index contributed by atoms with van der Waals surface area (Å²) in [5.41, 5.74) is 0.951. The van der Waals surface area contributed by atoms with Crippen LogP contribution in [0.5, 0.6) is 0 Å². The molecular weight excluding hydrogens is 230 g/mol. The third kappa shape index (κ3) is 3.82. The molecule has 1 unspecified atom stereocenters. The summed E-state index contributed by atoms with van der Waals surface area (Å²) < 4.78 is 0. The monoisotopic (exact) mass is 251 g/mol. The maximum absolute atomic E-state index is 12.0. The smallest absolute Gasteiger partial charge is 0.251 e. The standard InChI is InChI=1S/C14H21NO3/c1-3-14(2,8-9-16)15-13(18)12-6-4-11(10-17)5-7-12/h4-7,16-17H,3,8-10H2,1-2H3,(H,15,18). The molecule has 0 aliphatic rings. The van der Waals surface area contributed by atoms with Gasteiger partial charge in [0.05, 0.1) is 6.61 Å². The molecule has 0 aromatic heterocycles. The lowest BCUT2D eigenvalue weighted by atomic mass is 9.94. The van der Waals surface area contributed by atoms with E-state index in [4.69, 9.17) is 10.2 Å². The van der Waals surface area contributed by atoms with E-state index in [0.717, 1.165) is 12.0 Å². The highest BCUT2D eigenvalue weighted by atomic mass is 16.3. The van der Waals surface area contributed by atoms with Gasteiger partial charge in [-0.2, -0.15) is 0 Å². The Balaban J connectivity index is 2.74. The first-order valence-electron chi connectivity index (χ1n) is 6.18. The van der Waals surface area contributed by atoms with E-state index in [9.17, 15) is 4.79 Å². The first kappa shape index (κ1) is 14.7. The quantitative estimate of drug-likeness (QED) is 0.717. The molecule has 0 heterocycles. The fourth-order valence-corrected chi connectivity index (χ4v) is 1.68. The lowest BCUT2D eigenvalue weighted by Crippen LogP contribution is -2.46. The van der Waals surface area contributed by atoms with Crippen molar-refractivity contribution in [3.05, 3.63) is 35.4 Å². The molecule has 1 atom stereocenters. The lowest BCUT2D eigenvalue weighted by molar-refractivity contribution is 0.0886. The normalized spacial score (nSPS) is 14.0. The molecule has 1 aromatic carbocycles. The molecule has 4 nitrogen and oxygen atoms in total. The molecule has 3 N–H and O–H groups in total. The lowest BCUT2D eigenvalue weighted by Gasteiger charge is -2.29. The van der Waals surface area contributed by atoms with Crippen LogP contribution in [0.1, 0.15) is 42.6 Å². The fraction of sp³-hybridized carbons (Fsp3) is 0.500. The van der Waals surface area contributed by atoms with E-state index in [0.29, 0.717) is 12.0 Å². The van der Waals surface area contributed by atoms with Gasteiger partial charge in [-0.05, 0) is 37.5 Å². The number of amides is 1. The van der Waals surface area contributed by atoms with Gasteiger partial charge >= 0.3 is 0 Å². The molecule has 0 aliphatic heterocycles. The summed E-state index contributed by atoms with van der Waals surface area (Å²) in [6.07, 6.45) is 1.29. The zero-order valence-corrected chi connectivity index (χ0v) is 10.9. The summed E-state index contributed by atoms with van der Waals surface area (Å²) in [6, 6.07) is 6.83. The van der Waals surface area contributed by atoms with Gasteiger partial charge in [0.1, 0.15) is 0 Å². The Hall–Kier alpha value is -1.39. The summed E-state index contributed by atoms with van der Waals surface area (Å²) in [5, 5.41) is 20.9. The molecule has 0 saturated carbocycles. The zero-order valence-electron chi connectivity index (χ0n) is 10.9. The number of aliphatic hydroxyl groups is 2. The third-order valence-corrected chi connectivity index (χ3v) is 3.26. The highest BCUT2D eigenvalue weighted by molar-refractivity contribution is 5.94. The second-order valence-corrected chi connectivity index (χ2v) is 4.70. The van der Waals surface area contributed by atoms with Gasteiger partial charge in [0.15, 0.2) is 0 Å². The number of rotatable bonds is 6. The molecule has 0 fully saturated rings. The fourth-order valence-electron chi connectivity index (χ4n) is 1.68. The molecule has 0 radical (unpaired) electrons. The van der Waals surface area contributed by atoms with Crippen LogP contribution in [0.25, 0.3) is 0 Å². The van der Waals surface area contributed by atoms with Gasteiger partial charge in [-0.1, -0.05) is 19.1 Å². The van der Waals surface area contributed by atoms with Crippen LogP contribution in [0.15, 0.2) is 24.3 Å². The van der Waals surface area contributed by atoms with Crippen LogP contribution in [0.2, 0.25) is 0 Å². The number of nitrogens with one attached hydrogen (secondary N) is 1. The Bertz CT molecular complexity index is 389. The molecule has 0 spiro atoms. The summed E-state index contributed by atoms with van der Waals surface area (Å²) in [5.74, 6) is -0.155. The third-order valence-electron chi connectivity index (χ3n) is 3.26. The van der Waals surface area contributed by atoms with Crippen LogP contribution >= 0.6 is 0 Å². The molecule has 100 valence electrons. The summed E-state index contributed by atoms with van der Waals surface area (Å²) in [4.78, 5) is 12.0. The van der Waals surface area contributed by atoms with Gasteiger partial charge in [0.25, 0.3) is 5.91 Å². The molecule has 4 heteroatoms. The van der Waals surface area contributed by atoms with E-state index in [1.807, 2.05) is 13.8 Å². The molecule has 0 saturated heterocycles. The van der Waals surface area contributed by atoms with Crippen LogP contribution in [0.4, 0.5) is 0 Å².